The molecule has 7 N–H and O–H groups in total. The number of aliphatic hydroxyl groups is 1. The fourth-order valence-electron chi connectivity index (χ4n) is 6.77. The smallest absolute Gasteiger partial charge is 0.386 e. The number of thioether (sulfide) groups is 1. The van der Waals surface area contributed by atoms with Crippen LogP contribution in [0.25, 0.3) is 6.08 Å². The van der Waals surface area contributed by atoms with Gasteiger partial charge in [-0.05, 0) is 118 Å². The fourth-order valence-corrected chi connectivity index (χ4v) is 7.81. The van der Waals surface area contributed by atoms with Gasteiger partial charge in [0, 0.05) is 66.6 Å². The van der Waals surface area contributed by atoms with Gasteiger partial charge in [-0.2, -0.15) is 0 Å². The second kappa shape index (κ2) is 33.9. The number of carbonyl (C=O) groups is 4. The van der Waals surface area contributed by atoms with Crippen LogP contribution in [-0.2, 0) is 46.6 Å². The lowest BCUT2D eigenvalue weighted by molar-refractivity contribution is -0.177. The Bertz CT molecular complexity index is 2690. The van der Waals surface area contributed by atoms with Crippen molar-refractivity contribution in [3.05, 3.63) is 154 Å². The van der Waals surface area contributed by atoms with E-state index in [1.54, 1.807) is 61.6 Å². The number of ether oxygens (including phenoxy) is 4. The molecule has 21 heteroatoms. The number of aromatic hydroxyl groups is 1. The van der Waals surface area contributed by atoms with E-state index in [0.29, 0.717) is 80.6 Å². The number of nitrogens with zero attached hydrogens (tertiary/aromatic N) is 3. The number of nitrogens with one attached hydrogen (secondary N) is 5. The summed E-state index contributed by atoms with van der Waals surface area (Å²) in [5.74, 6) is -2.12. The van der Waals surface area contributed by atoms with E-state index in [1.165, 1.54) is 29.3 Å². The van der Waals surface area contributed by atoms with Gasteiger partial charge in [0.05, 0.1) is 50.2 Å². The predicted molar refractivity (Wildman–Crippen MR) is 297 cm³/mol. The van der Waals surface area contributed by atoms with Crippen LogP contribution in [-0.4, -0.2) is 145 Å². The molecule has 0 spiro atoms. The van der Waals surface area contributed by atoms with Gasteiger partial charge >= 0.3 is 5.97 Å². The first-order valence-electron chi connectivity index (χ1n) is 23.9. The highest BCUT2D eigenvalue weighted by atomic mass is 32.2. The Hall–Kier alpha value is -7.79. The standard InChI is InChI=1S/C35H37FN4O10S.C10H14N2O.C10H16N2/c1-37-26-19-24(20-27(21-26)39-22-41)33(44)38-9-10-46-11-12-47-13-14-48-15-16-49-29-8-7-23(17-28(29)42)18-30-32(43)31(35(45)50-36)34(51-30)40-25-5-3-2-4-6-25;1-12(2)7-9-3-5-10(6-4-9)11-8-13;1-11-10-6-4-9(5-7-10)8-12(2)3/h2-8,17-22,37,42-43H,9-16H2,1H3,(H,38,44)(H,39,41);3-6,8H,7H2,1-2H3,(H,11,13);4-7,11H,8H2,1-3H3/b30-18-,40-34?;;. The summed E-state index contributed by atoms with van der Waals surface area (Å²) in [7, 11) is 11.8. The number of phenolic OH excluding ortho intramolecular Hbond substituents is 1. The molecule has 0 unspecified atom stereocenters. The highest BCUT2D eigenvalue weighted by Crippen LogP contribution is 2.41. The maximum atomic E-state index is 12.8. The Labute approximate surface area is 447 Å². The number of anilines is 4. The monoisotopic (exact) mass is 1070 g/mol. The van der Waals surface area contributed by atoms with Crippen molar-refractivity contribution in [3.8, 4) is 11.5 Å². The van der Waals surface area contributed by atoms with Crippen molar-refractivity contribution >= 4 is 76.0 Å². The SMILES string of the molecule is CN(C)Cc1ccc(NC=O)cc1.CNc1cc(NC=O)cc(C(=O)NCCOCCOCCOCCOc2ccc(/C=C3\SC(=Nc4ccccc4)C(C(=O)OF)=C3O)cc2O)c1.CNc1ccc(CN(C)C)cc1. The van der Waals surface area contributed by atoms with Crippen LogP contribution in [0.5, 0.6) is 11.5 Å². The van der Waals surface area contributed by atoms with Crippen LogP contribution in [0.15, 0.2) is 136 Å². The topological polar surface area (TPSA) is 234 Å². The fraction of sp³-hybridized carbons (Fsp3) is 0.291. The molecule has 0 radical (unpaired) electrons. The van der Waals surface area contributed by atoms with Crippen molar-refractivity contribution < 1.29 is 57.8 Å². The molecule has 0 aromatic heterocycles. The first-order chi connectivity index (χ1) is 36.8. The van der Waals surface area contributed by atoms with Gasteiger partial charge in [-0.25, -0.2) is 14.7 Å². The zero-order valence-electron chi connectivity index (χ0n) is 43.5. The van der Waals surface area contributed by atoms with Crippen LogP contribution in [0.1, 0.15) is 27.0 Å². The molecule has 0 atom stereocenters. The largest absolute Gasteiger partial charge is 0.506 e. The third-order valence-corrected chi connectivity index (χ3v) is 11.3. The molecular weight excluding hydrogens is 1000 g/mol. The number of phenols is 1. The molecule has 6 rings (SSSR count). The summed E-state index contributed by atoms with van der Waals surface area (Å²) in [4.78, 5) is 57.4. The average molecular weight is 1070 g/mol. The van der Waals surface area contributed by atoms with Gasteiger partial charge in [0.15, 0.2) is 11.5 Å². The molecule has 0 bridgehead atoms. The minimum atomic E-state index is -1.37. The quantitative estimate of drug-likeness (QED) is 0.0195. The van der Waals surface area contributed by atoms with Crippen LogP contribution in [0.4, 0.5) is 33.0 Å². The van der Waals surface area contributed by atoms with Crippen LogP contribution >= 0.6 is 11.8 Å². The highest BCUT2D eigenvalue weighted by Gasteiger charge is 2.34. The minimum Gasteiger partial charge on any atom is -0.506 e. The van der Waals surface area contributed by atoms with Gasteiger partial charge in [0.2, 0.25) is 12.8 Å². The summed E-state index contributed by atoms with van der Waals surface area (Å²) in [6.45, 7) is 4.21. The molecule has 1 heterocycles. The van der Waals surface area contributed by atoms with Gasteiger partial charge in [-0.3, -0.25) is 14.4 Å². The number of carbonyl (C=O) groups excluding carboxylic acids is 4. The Kier molecular flexibility index (Phi) is 27.1. The number of rotatable bonds is 27. The maximum absolute atomic E-state index is 12.8. The van der Waals surface area contributed by atoms with E-state index >= 15 is 0 Å². The van der Waals surface area contributed by atoms with E-state index < -0.39 is 17.3 Å². The molecule has 3 amide bonds. The van der Waals surface area contributed by atoms with Crippen LogP contribution in [0.3, 0.4) is 0 Å². The summed E-state index contributed by atoms with van der Waals surface area (Å²) in [6, 6.07) is 34.5. The Balaban J connectivity index is 0.000000404. The van der Waals surface area contributed by atoms with Gasteiger partial charge in [0.25, 0.3) is 5.91 Å². The number of aliphatic imine (C=N–C) groups is 1. The number of amides is 3. The Morgan fingerprint density at radius 2 is 1.21 bits per heavy atom. The Morgan fingerprint density at radius 1 is 0.658 bits per heavy atom. The van der Waals surface area contributed by atoms with Gasteiger partial charge in [0.1, 0.15) is 23.0 Å². The molecule has 19 nitrogen and oxygen atoms in total. The van der Waals surface area contributed by atoms with E-state index in [4.69, 9.17) is 18.9 Å². The lowest BCUT2D eigenvalue weighted by Crippen LogP contribution is -2.27. The molecule has 1 aliphatic rings. The van der Waals surface area contributed by atoms with E-state index in [-0.39, 0.29) is 40.6 Å². The average Bonchev–Trinajstić information content (AvgIpc) is 3.71. The van der Waals surface area contributed by atoms with E-state index in [0.717, 1.165) is 36.2 Å². The summed E-state index contributed by atoms with van der Waals surface area (Å²) in [5, 5.41) is 35.1. The van der Waals surface area contributed by atoms with E-state index in [9.17, 15) is 33.9 Å². The van der Waals surface area contributed by atoms with Gasteiger partial charge < -0.3 is 65.5 Å². The minimum absolute atomic E-state index is 0.0621. The van der Waals surface area contributed by atoms with E-state index in [2.05, 4.69) is 84.7 Å². The number of benzene rings is 5. The summed E-state index contributed by atoms with van der Waals surface area (Å²) in [5.41, 5.74) is 6.73. The normalized spacial score (nSPS) is 12.8. The first kappa shape index (κ1) is 60.8. The summed E-state index contributed by atoms with van der Waals surface area (Å²) >= 11 is 0.952. The van der Waals surface area contributed by atoms with Crippen molar-refractivity contribution in [1.29, 1.82) is 0 Å². The molecule has 1 aliphatic heterocycles. The molecule has 0 saturated heterocycles. The highest BCUT2D eigenvalue weighted by molar-refractivity contribution is 8.18. The number of halogens is 1. The van der Waals surface area contributed by atoms with Gasteiger partial charge in [-0.15, -0.1) is 0 Å². The number of hydrogen-bond donors (Lipinski definition) is 7. The summed E-state index contributed by atoms with van der Waals surface area (Å²) < 4.78 is 34.8. The van der Waals surface area contributed by atoms with Crippen molar-refractivity contribution in [2.75, 3.05) is 116 Å². The molecule has 406 valence electrons. The van der Waals surface area contributed by atoms with Gasteiger partial charge in [-0.1, -0.05) is 60.3 Å². The van der Waals surface area contributed by atoms with Crippen molar-refractivity contribution in [2.45, 2.75) is 13.1 Å². The molecular formula is C55H67FN8O11S. The zero-order valence-corrected chi connectivity index (χ0v) is 44.3. The molecule has 0 fully saturated rings. The molecule has 5 aromatic rings. The lowest BCUT2D eigenvalue weighted by atomic mass is 10.1. The molecule has 5 aromatic carbocycles. The molecule has 76 heavy (non-hydrogen) atoms. The molecule has 0 saturated carbocycles. The van der Waals surface area contributed by atoms with E-state index in [1.807, 2.05) is 45.4 Å². The van der Waals surface area contributed by atoms with Crippen molar-refractivity contribution in [1.82, 2.24) is 15.1 Å². The zero-order chi connectivity index (χ0) is 55.1. The Morgan fingerprint density at radius 3 is 1.76 bits per heavy atom. The lowest BCUT2D eigenvalue weighted by Gasteiger charge is -2.11. The second-order valence-electron chi connectivity index (χ2n) is 16.8. The number of aliphatic hydroxyl groups excluding tert-OH is 1. The number of hydrogen-bond acceptors (Lipinski definition) is 17. The predicted octanol–water partition coefficient (Wildman–Crippen LogP) is 8.02. The van der Waals surface area contributed by atoms with Crippen LogP contribution < -0.4 is 31.3 Å². The van der Waals surface area contributed by atoms with Crippen LogP contribution in [0.2, 0.25) is 0 Å². The third kappa shape index (κ3) is 22.0. The first-order valence-corrected chi connectivity index (χ1v) is 24.7. The van der Waals surface area contributed by atoms with Crippen molar-refractivity contribution in [2.24, 2.45) is 4.99 Å². The third-order valence-electron chi connectivity index (χ3n) is 10.3. The number of para-hydroxylation sites is 1. The summed E-state index contributed by atoms with van der Waals surface area (Å²) in [6.07, 6.45) is 2.73. The molecule has 0 aliphatic carbocycles. The second-order valence-corrected chi connectivity index (χ2v) is 17.8. The van der Waals surface area contributed by atoms with Crippen molar-refractivity contribution in [3.63, 3.8) is 0 Å². The maximum Gasteiger partial charge on any atom is 0.386 e. The van der Waals surface area contributed by atoms with Crippen LogP contribution in [0, 0.1) is 0 Å².